The van der Waals surface area contributed by atoms with Crippen LogP contribution in [-0.2, 0) is 9.53 Å². The molecule has 0 aliphatic heterocycles. The van der Waals surface area contributed by atoms with Crippen molar-refractivity contribution in [1.82, 2.24) is 5.32 Å². The van der Waals surface area contributed by atoms with E-state index in [1.54, 1.807) is 12.1 Å². The van der Waals surface area contributed by atoms with E-state index in [9.17, 15) is 19.5 Å². The summed E-state index contributed by atoms with van der Waals surface area (Å²) < 4.78 is 6.31. The highest BCUT2D eigenvalue weighted by atomic mass is 127. The summed E-state index contributed by atoms with van der Waals surface area (Å²) in [5.74, 6) is -1.73. The standard InChI is InChI=1S/C27H25IN2O5/c1-2-7-24(25(31)29-23-13-12-16(28)14-21(23)26(32)33)30-27(34)35-15-22-19-10-5-3-8-17(19)18-9-4-6-11-20(18)22/h3-6,8-14,22,24H,2,7,15H2,1H3,(H,29,31)(H,30,34)(H,32,33). The van der Waals surface area contributed by atoms with Gasteiger partial charge >= 0.3 is 12.1 Å². The number of carbonyl (C=O) groups is 3. The Morgan fingerprint density at radius 1 is 1.00 bits per heavy atom. The lowest BCUT2D eigenvalue weighted by Crippen LogP contribution is -2.44. The second-order valence-electron chi connectivity index (χ2n) is 8.30. The Labute approximate surface area is 217 Å². The Hall–Kier alpha value is -3.40. The summed E-state index contributed by atoms with van der Waals surface area (Å²) in [6, 6.07) is 20.0. The number of carboxylic acids is 1. The fraction of sp³-hybridized carbons (Fsp3) is 0.222. The van der Waals surface area contributed by atoms with Crippen LogP contribution >= 0.6 is 22.6 Å². The van der Waals surface area contributed by atoms with Crippen molar-refractivity contribution in [3.05, 3.63) is 87.0 Å². The minimum absolute atomic E-state index is 0.0124. The van der Waals surface area contributed by atoms with E-state index in [4.69, 9.17) is 4.74 Å². The maximum Gasteiger partial charge on any atom is 0.407 e. The lowest BCUT2D eigenvalue weighted by Gasteiger charge is -2.20. The van der Waals surface area contributed by atoms with Gasteiger partial charge in [0.1, 0.15) is 12.6 Å². The van der Waals surface area contributed by atoms with Crippen LogP contribution < -0.4 is 10.6 Å². The molecule has 3 aromatic rings. The second kappa shape index (κ2) is 10.9. The van der Waals surface area contributed by atoms with E-state index in [0.717, 1.165) is 25.8 Å². The predicted molar refractivity (Wildman–Crippen MR) is 142 cm³/mol. The van der Waals surface area contributed by atoms with Gasteiger partial charge in [-0.1, -0.05) is 61.9 Å². The molecule has 2 amide bonds. The van der Waals surface area contributed by atoms with Crippen LogP contribution in [0.15, 0.2) is 66.7 Å². The van der Waals surface area contributed by atoms with Crippen molar-refractivity contribution in [3.8, 4) is 11.1 Å². The highest BCUT2D eigenvalue weighted by molar-refractivity contribution is 14.1. The number of hydrogen-bond acceptors (Lipinski definition) is 4. The average molecular weight is 584 g/mol. The number of alkyl carbamates (subject to hydrolysis) is 1. The summed E-state index contributed by atoms with van der Waals surface area (Å²) in [5, 5.41) is 14.7. The third-order valence-electron chi connectivity index (χ3n) is 6.00. The summed E-state index contributed by atoms with van der Waals surface area (Å²) in [4.78, 5) is 37.2. The van der Waals surface area contributed by atoms with Gasteiger partial charge in [-0.05, 0) is 69.5 Å². The van der Waals surface area contributed by atoms with Crippen molar-refractivity contribution >= 4 is 46.2 Å². The summed E-state index contributed by atoms with van der Waals surface area (Å²) in [6.07, 6.45) is 0.324. The molecular formula is C27H25IN2O5. The van der Waals surface area contributed by atoms with Crippen LogP contribution in [0.2, 0.25) is 0 Å². The molecule has 8 heteroatoms. The van der Waals surface area contributed by atoms with Crippen LogP contribution in [0.3, 0.4) is 0 Å². The van der Waals surface area contributed by atoms with Gasteiger partial charge in [0, 0.05) is 9.49 Å². The van der Waals surface area contributed by atoms with Gasteiger partial charge in [-0.25, -0.2) is 9.59 Å². The Bertz CT molecular complexity index is 1230. The van der Waals surface area contributed by atoms with Gasteiger partial charge in [-0.2, -0.15) is 0 Å². The van der Waals surface area contributed by atoms with E-state index < -0.39 is 24.0 Å². The Morgan fingerprint density at radius 3 is 2.23 bits per heavy atom. The normalized spacial score (nSPS) is 12.9. The topological polar surface area (TPSA) is 105 Å². The number of nitrogens with one attached hydrogen (secondary N) is 2. The first-order valence-corrected chi connectivity index (χ1v) is 12.4. The highest BCUT2D eigenvalue weighted by Crippen LogP contribution is 2.44. The summed E-state index contributed by atoms with van der Waals surface area (Å²) in [6.45, 7) is 2.04. The molecule has 1 aliphatic carbocycles. The molecule has 0 heterocycles. The molecule has 1 atom stereocenters. The number of carboxylic acid groups (broad SMARTS) is 1. The van der Waals surface area contributed by atoms with E-state index in [1.807, 2.05) is 65.9 Å². The van der Waals surface area contributed by atoms with E-state index in [-0.39, 0.29) is 23.8 Å². The Morgan fingerprint density at radius 2 is 1.63 bits per heavy atom. The molecule has 3 aromatic carbocycles. The van der Waals surface area contributed by atoms with Gasteiger partial charge in [0.2, 0.25) is 5.91 Å². The number of fused-ring (bicyclic) bond motifs is 3. The smallest absolute Gasteiger partial charge is 0.407 e. The fourth-order valence-corrected chi connectivity index (χ4v) is 4.85. The first kappa shape index (κ1) is 24.7. The number of anilines is 1. The van der Waals surface area contributed by atoms with Gasteiger partial charge in [-0.3, -0.25) is 4.79 Å². The van der Waals surface area contributed by atoms with Gasteiger partial charge in [-0.15, -0.1) is 0 Å². The molecule has 0 bridgehead atoms. The van der Waals surface area contributed by atoms with Crippen LogP contribution in [0, 0.1) is 3.57 Å². The molecule has 0 radical (unpaired) electrons. The number of aromatic carboxylic acids is 1. The number of ether oxygens (including phenoxy) is 1. The molecule has 0 fully saturated rings. The van der Waals surface area contributed by atoms with Crippen molar-refractivity contribution in [2.24, 2.45) is 0 Å². The zero-order valence-corrected chi connectivity index (χ0v) is 21.2. The number of rotatable bonds is 8. The number of halogens is 1. The Kier molecular flexibility index (Phi) is 7.70. The van der Waals surface area contributed by atoms with Crippen LogP contribution in [0.5, 0.6) is 0 Å². The zero-order chi connectivity index (χ0) is 24.9. The zero-order valence-electron chi connectivity index (χ0n) is 19.1. The number of carbonyl (C=O) groups excluding carboxylic acids is 2. The maximum atomic E-state index is 12.9. The number of benzene rings is 3. The van der Waals surface area contributed by atoms with Gasteiger partial charge in [0.25, 0.3) is 0 Å². The van der Waals surface area contributed by atoms with Gasteiger partial charge in [0.15, 0.2) is 0 Å². The SMILES string of the molecule is CCCC(NC(=O)OCC1c2ccccc2-c2ccccc21)C(=O)Nc1ccc(I)cc1C(=O)O. The predicted octanol–water partition coefficient (Wildman–Crippen LogP) is 5.64. The maximum absolute atomic E-state index is 12.9. The third-order valence-corrected chi connectivity index (χ3v) is 6.67. The molecule has 1 unspecified atom stereocenters. The Balaban J connectivity index is 1.43. The van der Waals surface area contributed by atoms with Crippen molar-refractivity contribution in [2.45, 2.75) is 31.7 Å². The molecule has 3 N–H and O–H groups in total. The summed E-state index contributed by atoms with van der Waals surface area (Å²) in [5.41, 5.74) is 4.63. The molecule has 7 nitrogen and oxygen atoms in total. The van der Waals surface area contributed by atoms with Crippen LogP contribution in [0.25, 0.3) is 11.1 Å². The van der Waals surface area contributed by atoms with Crippen LogP contribution in [0.1, 0.15) is 47.2 Å². The molecule has 0 saturated heterocycles. The van der Waals surface area contributed by atoms with Gasteiger partial charge < -0.3 is 20.5 Å². The van der Waals surface area contributed by atoms with Crippen LogP contribution in [-0.4, -0.2) is 35.7 Å². The minimum atomic E-state index is -1.14. The lowest BCUT2D eigenvalue weighted by molar-refractivity contribution is -0.118. The second-order valence-corrected chi connectivity index (χ2v) is 9.54. The van der Waals surface area contributed by atoms with Crippen molar-refractivity contribution in [2.75, 3.05) is 11.9 Å². The quantitative estimate of drug-likeness (QED) is 0.298. The molecule has 0 spiro atoms. The molecule has 180 valence electrons. The highest BCUT2D eigenvalue weighted by Gasteiger charge is 2.30. The molecule has 35 heavy (non-hydrogen) atoms. The molecule has 1 aliphatic rings. The summed E-state index contributed by atoms with van der Waals surface area (Å²) >= 11 is 2.01. The first-order valence-electron chi connectivity index (χ1n) is 11.3. The third kappa shape index (κ3) is 5.48. The summed E-state index contributed by atoms with van der Waals surface area (Å²) in [7, 11) is 0. The van der Waals surface area contributed by atoms with Crippen LogP contribution in [0.4, 0.5) is 10.5 Å². The first-order chi connectivity index (χ1) is 16.9. The molecule has 0 aromatic heterocycles. The monoisotopic (exact) mass is 584 g/mol. The van der Waals surface area contributed by atoms with Crippen molar-refractivity contribution in [3.63, 3.8) is 0 Å². The van der Waals surface area contributed by atoms with E-state index in [0.29, 0.717) is 12.8 Å². The molecule has 0 saturated carbocycles. The lowest BCUT2D eigenvalue weighted by atomic mass is 9.98. The molecule has 4 rings (SSSR count). The van der Waals surface area contributed by atoms with Crippen molar-refractivity contribution < 1.29 is 24.2 Å². The van der Waals surface area contributed by atoms with E-state index in [1.165, 1.54) is 6.07 Å². The number of amides is 2. The largest absolute Gasteiger partial charge is 0.478 e. The van der Waals surface area contributed by atoms with Crippen molar-refractivity contribution in [1.29, 1.82) is 0 Å². The minimum Gasteiger partial charge on any atom is -0.478 e. The average Bonchev–Trinajstić information content (AvgIpc) is 3.17. The molecular weight excluding hydrogens is 559 g/mol. The van der Waals surface area contributed by atoms with E-state index in [2.05, 4.69) is 22.8 Å². The van der Waals surface area contributed by atoms with Gasteiger partial charge in [0.05, 0.1) is 11.3 Å². The van der Waals surface area contributed by atoms with E-state index >= 15 is 0 Å². The fourth-order valence-electron chi connectivity index (χ4n) is 4.36. The number of hydrogen-bond donors (Lipinski definition) is 3.